The van der Waals surface area contributed by atoms with Gasteiger partial charge < -0.3 is 9.88 Å². The third kappa shape index (κ3) is 2.67. The molecule has 1 unspecified atom stereocenters. The third-order valence-corrected chi connectivity index (χ3v) is 3.01. The molecule has 2 aromatic rings. The van der Waals surface area contributed by atoms with Crippen LogP contribution in [0.2, 0.25) is 0 Å². The Morgan fingerprint density at radius 2 is 2.12 bits per heavy atom. The number of aromatic nitrogens is 1. The molecular formula is C14H18N2O. The highest BCUT2D eigenvalue weighted by atomic mass is 16.2. The zero-order valence-corrected chi connectivity index (χ0v) is 10.3. The molecular weight excluding hydrogens is 212 g/mol. The smallest absolute Gasteiger partial charge is 0.240 e. The van der Waals surface area contributed by atoms with E-state index >= 15 is 0 Å². The second-order valence-electron chi connectivity index (χ2n) is 4.38. The number of rotatable bonds is 4. The van der Waals surface area contributed by atoms with Crippen molar-refractivity contribution in [2.24, 2.45) is 0 Å². The fourth-order valence-corrected chi connectivity index (χ4v) is 1.86. The number of para-hydroxylation sites is 1. The van der Waals surface area contributed by atoms with Crippen molar-refractivity contribution in [2.45, 2.75) is 32.9 Å². The summed E-state index contributed by atoms with van der Waals surface area (Å²) >= 11 is 0. The second kappa shape index (κ2) is 5.04. The maximum absolute atomic E-state index is 11.8. The zero-order chi connectivity index (χ0) is 12.3. The molecule has 2 rings (SSSR count). The first kappa shape index (κ1) is 11.7. The summed E-state index contributed by atoms with van der Waals surface area (Å²) in [6.45, 7) is 4.47. The van der Waals surface area contributed by atoms with Gasteiger partial charge in [-0.05, 0) is 30.9 Å². The molecule has 0 radical (unpaired) electrons. The van der Waals surface area contributed by atoms with Gasteiger partial charge >= 0.3 is 0 Å². The van der Waals surface area contributed by atoms with Crippen molar-refractivity contribution in [3.63, 3.8) is 0 Å². The summed E-state index contributed by atoms with van der Waals surface area (Å²) in [5.74, 6) is 0.0701. The number of hydrogen-bond acceptors (Lipinski definition) is 1. The molecule has 0 saturated heterocycles. The van der Waals surface area contributed by atoms with E-state index in [9.17, 15) is 4.79 Å². The van der Waals surface area contributed by atoms with E-state index in [0.717, 1.165) is 11.9 Å². The average molecular weight is 230 g/mol. The van der Waals surface area contributed by atoms with Gasteiger partial charge in [0.05, 0.1) is 0 Å². The monoisotopic (exact) mass is 230 g/mol. The highest BCUT2D eigenvalue weighted by molar-refractivity contribution is 5.83. The van der Waals surface area contributed by atoms with Gasteiger partial charge in [0.2, 0.25) is 5.91 Å². The molecule has 3 heteroatoms. The molecule has 1 atom stereocenters. The van der Waals surface area contributed by atoms with Gasteiger partial charge in [-0.1, -0.05) is 25.1 Å². The summed E-state index contributed by atoms with van der Waals surface area (Å²) in [6, 6.07) is 10.4. The minimum Gasteiger partial charge on any atom is -0.352 e. The lowest BCUT2D eigenvalue weighted by Gasteiger charge is -2.12. The van der Waals surface area contributed by atoms with Gasteiger partial charge in [-0.2, -0.15) is 0 Å². The first-order valence-electron chi connectivity index (χ1n) is 6.04. The van der Waals surface area contributed by atoms with E-state index in [-0.39, 0.29) is 11.9 Å². The maximum Gasteiger partial charge on any atom is 0.240 e. The molecule has 90 valence electrons. The van der Waals surface area contributed by atoms with Crippen LogP contribution in [0, 0.1) is 0 Å². The first-order valence-corrected chi connectivity index (χ1v) is 6.04. The molecule has 3 nitrogen and oxygen atoms in total. The summed E-state index contributed by atoms with van der Waals surface area (Å²) < 4.78 is 1.98. The topological polar surface area (TPSA) is 34.0 Å². The lowest BCUT2D eigenvalue weighted by Crippen LogP contribution is -2.34. The highest BCUT2D eigenvalue weighted by Gasteiger charge is 2.07. The molecule has 0 bridgehead atoms. The number of nitrogens with one attached hydrogen (secondary N) is 1. The van der Waals surface area contributed by atoms with Gasteiger partial charge in [-0.3, -0.25) is 4.79 Å². The Hall–Kier alpha value is -1.77. The van der Waals surface area contributed by atoms with Crippen LogP contribution in [0.1, 0.15) is 20.3 Å². The molecule has 0 spiro atoms. The van der Waals surface area contributed by atoms with Crippen LogP contribution < -0.4 is 5.32 Å². The van der Waals surface area contributed by atoms with E-state index in [1.807, 2.05) is 42.0 Å². The minimum atomic E-state index is 0.0701. The van der Waals surface area contributed by atoms with E-state index in [1.54, 1.807) is 0 Å². The molecule has 1 N–H and O–H groups in total. The van der Waals surface area contributed by atoms with Crippen molar-refractivity contribution >= 4 is 16.8 Å². The predicted molar refractivity (Wildman–Crippen MR) is 69.8 cm³/mol. The Bertz CT molecular complexity index is 516. The van der Waals surface area contributed by atoms with Crippen LogP contribution in [-0.2, 0) is 11.3 Å². The lowest BCUT2D eigenvalue weighted by molar-refractivity contribution is -0.122. The fourth-order valence-electron chi connectivity index (χ4n) is 1.86. The van der Waals surface area contributed by atoms with E-state index in [0.29, 0.717) is 6.54 Å². The van der Waals surface area contributed by atoms with Crippen LogP contribution in [0.3, 0.4) is 0 Å². The van der Waals surface area contributed by atoms with Crippen molar-refractivity contribution in [3.8, 4) is 0 Å². The summed E-state index contributed by atoms with van der Waals surface area (Å²) in [5, 5.41) is 4.14. The van der Waals surface area contributed by atoms with E-state index < -0.39 is 0 Å². The number of hydrogen-bond donors (Lipinski definition) is 1. The summed E-state index contributed by atoms with van der Waals surface area (Å²) in [7, 11) is 0. The normalized spacial score (nSPS) is 12.6. The van der Waals surface area contributed by atoms with Crippen LogP contribution >= 0.6 is 0 Å². The van der Waals surface area contributed by atoms with E-state index in [1.165, 1.54) is 5.39 Å². The number of carbonyl (C=O) groups excluding carboxylic acids is 1. The van der Waals surface area contributed by atoms with Crippen LogP contribution in [-0.4, -0.2) is 16.5 Å². The molecule has 0 aliphatic rings. The summed E-state index contributed by atoms with van der Waals surface area (Å²) in [5.41, 5.74) is 1.10. The van der Waals surface area contributed by atoms with E-state index in [2.05, 4.69) is 18.3 Å². The number of nitrogens with zero attached hydrogens (tertiary/aromatic N) is 1. The Morgan fingerprint density at radius 3 is 2.88 bits per heavy atom. The largest absolute Gasteiger partial charge is 0.352 e. The molecule has 1 aromatic heterocycles. The number of fused-ring (bicyclic) bond motifs is 1. The van der Waals surface area contributed by atoms with Crippen LogP contribution in [0.25, 0.3) is 10.9 Å². The highest BCUT2D eigenvalue weighted by Crippen LogP contribution is 2.14. The molecule has 0 saturated carbocycles. The summed E-state index contributed by atoms with van der Waals surface area (Å²) in [6.07, 6.45) is 2.92. The Kier molecular flexibility index (Phi) is 3.47. The Morgan fingerprint density at radius 1 is 1.35 bits per heavy atom. The predicted octanol–water partition coefficient (Wildman–Crippen LogP) is 2.56. The third-order valence-electron chi connectivity index (χ3n) is 3.01. The first-order chi connectivity index (χ1) is 8.20. The molecule has 0 aliphatic heterocycles. The Balaban J connectivity index is 2.11. The molecule has 1 amide bonds. The van der Waals surface area contributed by atoms with Crippen LogP contribution in [0.4, 0.5) is 0 Å². The molecule has 0 aliphatic carbocycles. The van der Waals surface area contributed by atoms with Crippen molar-refractivity contribution in [2.75, 3.05) is 0 Å². The average Bonchev–Trinajstić information content (AvgIpc) is 2.72. The van der Waals surface area contributed by atoms with Crippen molar-refractivity contribution in [1.82, 2.24) is 9.88 Å². The number of amides is 1. The van der Waals surface area contributed by atoms with Crippen LogP contribution in [0.5, 0.6) is 0 Å². The van der Waals surface area contributed by atoms with Gasteiger partial charge in [0.25, 0.3) is 0 Å². The molecule has 1 aromatic carbocycles. The second-order valence-corrected chi connectivity index (χ2v) is 4.38. The van der Waals surface area contributed by atoms with Gasteiger partial charge in [0, 0.05) is 17.8 Å². The molecule has 0 fully saturated rings. The Labute approximate surface area is 101 Å². The molecule has 17 heavy (non-hydrogen) atoms. The van der Waals surface area contributed by atoms with Crippen LogP contribution in [0.15, 0.2) is 36.5 Å². The maximum atomic E-state index is 11.8. The van der Waals surface area contributed by atoms with Gasteiger partial charge in [-0.15, -0.1) is 0 Å². The quantitative estimate of drug-likeness (QED) is 0.860. The van der Waals surface area contributed by atoms with Gasteiger partial charge in [0.1, 0.15) is 6.54 Å². The lowest BCUT2D eigenvalue weighted by atomic mass is 10.2. The van der Waals surface area contributed by atoms with Gasteiger partial charge in [0.15, 0.2) is 0 Å². The summed E-state index contributed by atoms with van der Waals surface area (Å²) in [4.78, 5) is 11.8. The minimum absolute atomic E-state index is 0.0701. The zero-order valence-electron chi connectivity index (χ0n) is 10.3. The van der Waals surface area contributed by atoms with Crippen molar-refractivity contribution in [1.29, 1.82) is 0 Å². The van der Waals surface area contributed by atoms with Crippen molar-refractivity contribution in [3.05, 3.63) is 36.5 Å². The van der Waals surface area contributed by atoms with E-state index in [4.69, 9.17) is 0 Å². The number of benzene rings is 1. The SMILES string of the molecule is CCC(C)NC(=O)Cn1ccc2ccccc21. The van der Waals surface area contributed by atoms with Crippen molar-refractivity contribution < 1.29 is 4.79 Å². The fraction of sp³-hybridized carbons (Fsp3) is 0.357. The standard InChI is InChI=1S/C14H18N2O/c1-3-11(2)15-14(17)10-16-9-8-12-6-4-5-7-13(12)16/h4-9,11H,3,10H2,1-2H3,(H,15,17). The number of carbonyl (C=O) groups is 1. The van der Waals surface area contributed by atoms with Gasteiger partial charge in [-0.25, -0.2) is 0 Å². The molecule has 1 heterocycles.